The first kappa shape index (κ1) is 27.5. The summed E-state index contributed by atoms with van der Waals surface area (Å²) >= 11 is 0. The van der Waals surface area contributed by atoms with Crippen molar-refractivity contribution in [3.8, 4) is 0 Å². The Hall–Kier alpha value is -0.360. The largest absolute Gasteiger partial charge is 1.00 e. The van der Waals surface area contributed by atoms with Crippen molar-refractivity contribution < 1.29 is 54.5 Å². The van der Waals surface area contributed by atoms with E-state index in [4.69, 9.17) is 10.2 Å². The maximum atomic E-state index is 10.1. The third-order valence-electron chi connectivity index (χ3n) is 3.00. The molecule has 1 unspecified atom stereocenters. The van der Waals surface area contributed by atoms with Gasteiger partial charge in [0.1, 0.15) is 6.10 Å². The van der Waals surface area contributed by atoms with Gasteiger partial charge in [0, 0.05) is 5.97 Å². The summed E-state index contributed by atoms with van der Waals surface area (Å²) < 4.78 is 0. The molecule has 0 fully saturated rings. The summed E-state index contributed by atoms with van der Waals surface area (Å²) in [5.74, 6) is -2.10. The van der Waals surface area contributed by atoms with E-state index in [1.165, 1.54) is 45.4 Å². The van der Waals surface area contributed by atoms with Gasteiger partial charge in [0.15, 0.2) is 0 Å². The van der Waals surface area contributed by atoms with Gasteiger partial charge in [-0.1, -0.05) is 51.2 Å². The van der Waals surface area contributed by atoms with Gasteiger partial charge in [-0.05, 0) is 39.0 Å². The zero-order valence-corrected chi connectivity index (χ0v) is 16.9. The topological polar surface area (TPSA) is 97.7 Å². The summed E-state index contributed by atoms with van der Waals surface area (Å²) in [5, 5.41) is 25.9. The van der Waals surface area contributed by atoms with Crippen molar-refractivity contribution in [2.45, 2.75) is 84.2 Å². The Bertz CT molecular complexity index is 303. The third kappa shape index (κ3) is 30.1. The van der Waals surface area contributed by atoms with Crippen LogP contribution in [0.15, 0.2) is 12.2 Å². The standard InChI is InChI=1S/C14H26O2.C3H6O3.Na/c1-2-3-4-5-6-7-8-9-10-11-12-13-14(15)16;1-2(4)3(5)6;/h5-6H,2-4,7-13H2,1H3,(H,15,16);2,4H,1H3,(H,5,6);/q;;+1/p-1/b6-5-;;. The first-order valence-corrected chi connectivity index (χ1v) is 8.17. The molecule has 130 valence electrons. The SMILES string of the molecule is CC(O)C(=O)O.CCCC/C=C\CCCCCCCC(=O)[O-].[Na+]. The first-order valence-electron chi connectivity index (χ1n) is 8.17. The number of carbonyl (C=O) groups excluding carboxylic acids is 1. The number of hydrogen-bond acceptors (Lipinski definition) is 4. The molecule has 0 rings (SSSR count). The van der Waals surface area contributed by atoms with Crippen LogP contribution in [0.4, 0.5) is 0 Å². The molecule has 0 aromatic rings. The van der Waals surface area contributed by atoms with Crippen molar-refractivity contribution in [3.63, 3.8) is 0 Å². The van der Waals surface area contributed by atoms with Crippen LogP contribution >= 0.6 is 0 Å². The first-order chi connectivity index (χ1) is 10.4. The molecule has 0 heterocycles. The normalized spacial score (nSPS) is 11.3. The van der Waals surface area contributed by atoms with Crippen molar-refractivity contribution in [1.82, 2.24) is 0 Å². The van der Waals surface area contributed by atoms with Gasteiger partial charge >= 0.3 is 35.5 Å². The zero-order valence-electron chi connectivity index (χ0n) is 14.9. The Morgan fingerprint density at radius 3 is 1.87 bits per heavy atom. The number of unbranched alkanes of at least 4 members (excludes halogenated alkanes) is 7. The second-order valence-corrected chi connectivity index (χ2v) is 5.31. The summed E-state index contributed by atoms with van der Waals surface area (Å²) in [6.45, 7) is 3.41. The van der Waals surface area contributed by atoms with E-state index in [0.717, 1.165) is 19.3 Å². The predicted molar refractivity (Wildman–Crippen MR) is 85.3 cm³/mol. The molecule has 0 aliphatic rings. The van der Waals surface area contributed by atoms with E-state index in [9.17, 15) is 14.7 Å². The summed E-state index contributed by atoms with van der Waals surface area (Å²) in [6.07, 6.45) is 13.9. The molecule has 5 nitrogen and oxygen atoms in total. The fraction of sp³-hybridized carbons (Fsp3) is 0.765. The third-order valence-corrected chi connectivity index (χ3v) is 3.00. The number of aliphatic carboxylic acids is 2. The van der Waals surface area contributed by atoms with E-state index in [2.05, 4.69) is 19.1 Å². The van der Waals surface area contributed by atoms with Crippen molar-refractivity contribution in [1.29, 1.82) is 0 Å². The molecule has 23 heavy (non-hydrogen) atoms. The Kier molecular flexibility index (Phi) is 25.9. The van der Waals surface area contributed by atoms with Crippen LogP contribution in [0.2, 0.25) is 0 Å². The zero-order chi connectivity index (χ0) is 17.2. The van der Waals surface area contributed by atoms with Crippen LogP contribution in [0.25, 0.3) is 0 Å². The summed E-state index contributed by atoms with van der Waals surface area (Å²) in [7, 11) is 0. The molecule has 0 aliphatic carbocycles. The summed E-state index contributed by atoms with van der Waals surface area (Å²) in [4.78, 5) is 19.6. The molecule has 1 atom stereocenters. The van der Waals surface area contributed by atoms with E-state index in [1.54, 1.807) is 0 Å². The summed E-state index contributed by atoms with van der Waals surface area (Å²) in [6, 6.07) is 0. The molecule has 0 saturated carbocycles. The average Bonchev–Trinajstić information content (AvgIpc) is 2.45. The minimum atomic E-state index is -1.23. The van der Waals surface area contributed by atoms with Gasteiger partial charge in [-0.25, -0.2) is 4.79 Å². The molecule has 0 aromatic heterocycles. The molecule has 0 saturated heterocycles. The Morgan fingerprint density at radius 1 is 1.00 bits per heavy atom. The number of carbonyl (C=O) groups is 2. The number of aliphatic hydroxyl groups is 1. The monoisotopic (exact) mass is 338 g/mol. The molecule has 2 N–H and O–H groups in total. The maximum absolute atomic E-state index is 10.1. The van der Waals surface area contributed by atoms with E-state index >= 15 is 0 Å². The van der Waals surface area contributed by atoms with Crippen molar-refractivity contribution in [2.24, 2.45) is 0 Å². The number of rotatable bonds is 12. The molecule has 0 radical (unpaired) electrons. The molecular weight excluding hydrogens is 307 g/mol. The molecular formula is C17H31NaO5. The van der Waals surface area contributed by atoms with Crippen LogP contribution in [0, 0.1) is 0 Å². The maximum Gasteiger partial charge on any atom is 1.00 e. The van der Waals surface area contributed by atoms with Gasteiger partial charge in [-0.2, -0.15) is 0 Å². The quantitative estimate of drug-likeness (QED) is 0.288. The molecule has 6 heteroatoms. The predicted octanol–water partition coefficient (Wildman–Crippen LogP) is -0.331. The van der Waals surface area contributed by atoms with Crippen molar-refractivity contribution >= 4 is 11.9 Å². The number of allylic oxidation sites excluding steroid dienone is 2. The van der Waals surface area contributed by atoms with E-state index in [1.807, 2.05) is 0 Å². The number of carboxylic acid groups (broad SMARTS) is 2. The molecule has 0 aromatic carbocycles. The molecule has 0 bridgehead atoms. The van der Waals surface area contributed by atoms with Crippen LogP contribution in [0.3, 0.4) is 0 Å². The van der Waals surface area contributed by atoms with Crippen LogP contribution in [0.5, 0.6) is 0 Å². The van der Waals surface area contributed by atoms with Crippen LogP contribution in [-0.4, -0.2) is 28.3 Å². The Balaban J connectivity index is -0.000000487. The second kappa shape index (κ2) is 21.6. The van der Waals surface area contributed by atoms with E-state index in [0.29, 0.717) is 0 Å². The summed E-state index contributed by atoms with van der Waals surface area (Å²) in [5.41, 5.74) is 0. The Morgan fingerprint density at radius 2 is 1.43 bits per heavy atom. The van der Waals surface area contributed by atoms with Gasteiger partial charge in [0.05, 0.1) is 0 Å². The van der Waals surface area contributed by atoms with Gasteiger partial charge in [0.2, 0.25) is 0 Å². The number of carboxylic acids is 2. The smallest absolute Gasteiger partial charge is 0.550 e. The van der Waals surface area contributed by atoms with E-state index in [-0.39, 0.29) is 36.0 Å². The van der Waals surface area contributed by atoms with Gasteiger partial charge in [-0.3, -0.25) is 0 Å². The molecule has 0 amide bonds. The number of aliphatic hydroxyl groups excluding tert-OH is 1. The van der Waals surface area contributed by atoms with Gasteiger partial charge in [0.25, 0.3) is 0 Å². The minimum Gasteiger partial charge on any atom is -0.550 e. The molecule has 0 aliphatic heterocycles. The Labute approximate surface area is 162 Å². The second-order valence-electron chi connectivity index (χ2n) is 5.31. The molecule has 0 spiro atoms. The fourth-order valence-corrected chi connectivity index (χ4v) is 1.62. The van der Waals surface area contributed by atoms with Crippen LogP contribution in [0.1, 0.15) is 78.1 Å². The van der Waals surface area contributed by atoms with Crippen molar-refractivity contribution in [2.75, 3.05) is 0 Å². The average molecular weight is 338 g/mol. The van der Waals surface area contributed by atoms with Crippen LogP contribution < -0.4 is 34.7 Å². The minimum absolute atomic E-state index is 0. The van der Waals surface area contributed by atoms with Crippen LogP contribution in [-0.2, 0) is 9.59 Å². The van der Waals surface area contributed by atoms with E-state index < -0.39 is 18.0 Å². The fourth-order valence-electron chi connectivity index (χ4n) is 1.62. The van der Waals surface area contributed by atoms with Crippen molar-refractivity contribution in [3.05, 3.63) is 12.2 Å². The number of hydrogen-bond donors (Lipinski definition) is 2. The van der Waals surface area contributed by atoms with Gasteiger partial charge < -0.3 is 20.1 Å². The van der Waals surface area contributed by atoms with Gasteiger partial charge in [-0.15, -0.1) is 0 Å².